The highest BCUT2D eigenvalue weighted by Gasteiger charge is 2.35. The molecule has 0 spiro atoms. The number of ether oxygens (including phenoxy) is 4. The zero-order valence-electron chi connectivity index (χ0n) is 27.6. The molecule has 0 unspecified atom stereocenters. The fraction of sp³-hybridized carbons (Fsp3) is 0.179. The van der Waals surface area contributed by atoms with E-state index >= 15 is 0 Å². The molecular formula is C39H33FN2O7S. The normalized spacial score (nSPS) is 14.1. The summed E-state index contributed by atoms with van der Waals surface area (Å²) in [6, 6.07) is 26.3. The minimum absolute atomic E-state index is 0.119. The number of halogens is 1. The van der Waals surface area contributed by atoms with Crippen LogP contribution in [0.3, 0.4) is 0 Å². The molecule has 4 aromatic carbocycles. The van der Waals surface area contributed by atoms with Gasteiger partial charge in [0.2, 0.25) is 0 Å². The van der Waals surface area contributed by atoms with Gasteiger partial charge in [-0.3, -0.25) is 9.36 Å². The first kappa shape index (κ1) is 34.1. The summed E-state index contributed by atoms with van der Waals surface area (Å²) >= 11 is 1.18. The van der Waals surface area contributed by atoms with Gasteiger partial charge in [-0.25, -0.2) is 19.0 Å². The Balaban J connectivity index is 1.38. The van der Waals surface area contributed by atoms with E-state index in [1.54, 1.807) is 74.5 Å². The van der Waals surface area contributed by atoms with E-state index in [1.807, 2.05) is 30.3 Å². The van der Waals surface area contributed by atoms with E-state index in [2.05, 4.69) is 0 Å². The number of aromatic nitrogens is 1. The van der Waals surface area contributed by atoms with Crippen LogP contribution >= 0.6 is 11.3 Å². The topological polar surface area (TPSA) is 105 Å². The van der Waals surface area contributed by atoms with Crippen LogP contribution in [0.1, 0.15) is 52.5 Å². The lowest BCUT2D eigenvalue weighted by atomic mass is 9.93. The maximum atomic E-state index is 14.2. The molecule has 2 heterocycles. The van der Waals surface area contributed by atoms with Crippen molar-refractivity contribution in [1.82, 2.24) is 4.57 Å². The number of carbonyl (C=O) groups excluding carboxylic acids is 2. The van der Waals surface area contributed by atoms with Crippen molar-refractivity contribution < 1.29 is 32.9 Å². The molecule has 0 radical (unpaired) electrons. The van der Waals surface area contributed by atoms with Crippen molar-refractivity contribution in [1.29, 1.82) is 0 Å². The number of thiazole rings is 1. The fourth-order valence-corrected chi connectivity index (χ4v) is 6.56. The van der Waals surface area contributed by atoms with Gasteiger partial charge < -0.3 is 18.9 Å². The molecule has 6 rings (SSSR count). The third kappa shape index (κ3) is 7.13. The third-order valence-corrected chi connectivity index (χ3v) is 8.89. The second kappa shape index (κ2) is 15.2. The van der Waals surface area contributed by atoms with Gasteiger partial charge in [-0.05, 0) is 73.0 Å². The molecule has 1 atom stereocenters. The van der Waals surface area contributed by atoms with Crippen LogP contribution in [0.4, 0.5) is 4.39 Å². The first-order valence-corrected chi connectivity index (χ1v) is 16.7. The molecule has 11 heteroatoms. The average molecular weight is 693 g/mol. The van der Waals surface area contributed by atoms with Gasteiger partial charge >= 0.3 is 11.9 Å². The lowest BCUT2D eigenvalue weighted by Gasteiger charge is -2.25. The van der Waals surface area contributed by atoms with Gasteiger partial charge in [-0.1, -0.05) is 72.0 Å². The standard InChI is InChI=1S/C39H33FN2O7S/c1-4-47-37(44)28-14-11-24(12-15-28)23-49-30-20-13-25(21-31(30)46-3)22-32-36(43)42-35(27-16-18-29(40)19-17-27)33(38(45)48-5-2)34(41-39(42)50-32)26-9-7-6-8-10-26/h6-22,35H,4-5,23H2,1-3H3/b32-22-/t35-/m1/s1. The molecule has 0 saturated carbocycles. The van der Waals surface area contributed by atoms with Crippen molar-refractivity contribution in [2.24, 2.45) is 4.99 Å². The Morgan fingerprint density at radius 1 is 0.880 bits per heavy atom. The Hall–Kier alpha value is -5.81. The van der Waals surface area contributed by atoms with Gasteiger partial charge in [0.05, 0.1) is 47.7 Å². The number of hydrogen-bond donors (Lipinski definition) is 0. The van der Waals surface area contributed by atoms with E-state index in [0.717, 1.165) is 5.56 Å². The van der Waals surface area contributed by atoms with Crippen LogP contribution in [0, 0.1) is 5.82 Å². The summed E-state index contributed by atoms with van der Waals surface area (Å²) in [5.74, 6) is -0.502. The number of rotatable bonds is 11. The minimum atomic E-state index is -0.917. The molecule has 0 saturated heterocycles. The highest BCUT2D eigenvalue weighted by molar-refractivity contribution is 7.07. The van der Waals surface area contributed by atoms with Gasteiger partial charge in [-0.2, -0.15) is 0 Å². The van der Waals surface area contributed by atoms with Crippen molar-refractivity contribution in [3.63, 3.8) is 0 Å². The van der Waals surface area contributed by atoms with E-state index in [0.29, 0.717) is 55.4 Å². The summed E-state index contributed by atoms with van der Waals surface area (Å²) in [7, 11) is 1.53. The lowest BCUT2D eigenvalue weighted by Crippen LogP contribution is -2.40. The summed E-state index contributed by atoms with van der Waals surface area (Å²) in [5.41, 5.74) is 3.37. The fourth-order valence-electron chi connectivity index (χ4n) is 5.56. The Morgan fingerprint density at radius 3 is 2.26 bits per heavy atom. The minimum Gasteiger partial charge on any atom is -0.493 e. The van der Waals surface area contributed by atoms with E-state index in [-0.39, 0.29) is 30.3 Å². The lowest BCUT2D eigenvalue weighted by molar-refractivity contribution is -0.138. The molecule has 0 amide bonds. The van der Waals surface area contributed by atoms with Gasteiger partial charge in [0.1, 0.15) is 12.4 Å². The van der Waals surface area contributed by atoms with Gasteiger partial charge in [0.25, 0.3) is 5.56 Å². The zero-order chi connectivity index (χ0) is 35.2. The molecule has 5 aromatic rings. The molecule has 1 aliphatic heterocycles. The molecule has 254 valence electrons. The van der Waals surface area contributed by atoms with Crippen molar-refractivity contribution in [3.05, 3.63) is 156 Å². The SMILES string of the molecule is CCOC(=O)C1=C(c2ccccc2)N=c2s/c(=C\c3ccc(OCc4ccc(C(=O)OCC)cc4)c(OC)c3)c(=O)n2[C@@H]1c1ccc(F)cc1. The summed E-state index contributed by atoms with van der Waals surface area (Å²) in [6.45, 7) is 4.11. The number of fused-ring (bicyclic) bond motifs is 1. The van der Waals surface area contributed by atoms with Crippen LogP contribution in [0.15, 0.2) is 112 Å². The van der Waals surface area contributed by atoms with Crippen LogP contribution in [0.5, 0.6) is 11.5 Å². The molecule has 0 aliphatic carbocycles. The predicted molar refractivity (Wildman–Crippen MR) is 187 cm³/mol. The van der Waals surface area contributed by atoms with Crippen molar-refractivity contribution >= 4 is 35.0 Å². The smallest absolute Gasteiger partial charge is 0.338 e. The summed E-state index contributed by atoms with van der Waals surface area (Å²) in [6.07, 6.45) is 1.72. The van der Waals surface area contributed by atoms with E-state index in [9.17, 15) is 18.8 Å². The molecule has 0 N–H and O–H groups in total. The number of methoxy groups -OCH3 is 1. The predicted octanol–water partition coefficient (Wildman–Crippen LogP) is 5.84. The summed E-state index contributed by atoms with van der Waals surface area (Å²) < 4.78 is 38.0. The first-order valence-electron chi connectivity index (χ1n) is 15.9. The Bertz CT molecular complexity index is 2240. The molecule has 0 fully saturated rings. The highest BCUT2D eigenvalue weighted by Crippen LogP contribution is 2.35. The van der Waals surface area contributed by atoms with Crippen LogP contribution in [-0.2, 0) is 20.9 Å². The van der Waals surface area contributed by atoms with Crippen LogP contribution in [-0.4, -0.2) is 36.8 Å². The molecule has 1 aliphatic rings. The monoisotopic (exact) mass is 692 g/mol. The zero-order valence-corrected chi connectivity index (χ0v) is 28.4. The second-order valence-corrected chi connectivity index (χ2v) is 12.1. The van der Waals surface area contributed by atoms with Crippen LogP contribution < -0.4 is 24.4 Å². The highest BCUT2D eigenvalue weighted by atomic mass is 32.1. The average Bonchev–Trinajstić information content (AvgIpc) is 3.45. The largest absolute Gasteiger partial charge is 0.493 e. The maximum Gasteiger partial charge on any atom is 0.338 e. The van der Waals surface area contributed by atoms with E-state index in [4.69, 9.17) is 23.9 Å². The molecule has 50 heavy (non-hydrogen) atoms. The van der Waals surface area contributed by atoms with Crippen molar-refractivity contribution in [2.45, 2.75) is 26.5 Å². The van der Waals surface area contributed by atoms with Gasteiger partial charge in [0.15, 0.2) is 16.3 Å². The quantitative estimate of drug-likeness (QED) is 0.160. The van der Waals surface area contributed by atoms with Gasteiger partial charge in [0, 0.05) is 5.56 Å². The molecule has 9 nitrogen and oxygen atoms in total. The van der Waals surface area contributed by atoms with E-state index < -0.39 is 17.8 Å². The number of carbonyl (C=O) groups is 2. The van der Waals surface area contributed by atoms with E-state index in [1.165, 1.54) is 35.1 Å². The van der Waals surface area contributed by atoms with Crippen LogP contribution in [0.25, 0.3) is 11.8 Å². The van der Waals surface area contributed by atoms with Crippen molar-refractivity contribution in [3.8, 4) is 11.5 Å². The summed E-state index contributed by atoms with van der Waals surface area (Å²) in [5, 5.41) is 0. The first-order chi connectivity index (χ1) is 24.3. The maximum absolute atomic E-state index is 14.2. The molecular weight excluding hydrogens is 660 g/mol. The third-order valence-electron chi connectivity index (χ3n) is 7.90. The van der Waals surface area contributed by atoms with Gasteiger partial charge in [-0.15, -0.1) is 0 Å². The van der Waals surface area contributed by atoms with Crippen molar-refractivity contribution in [2.75, 3.05) is 20.3 Å². The molecule has 1 aromatic heterocycles. The number of nitrogens with zero attached hydrogens (tertiary/aromatic N) is 2. The molecule has 0 bridgehead atoms. The number of hydrogen-bond acceptors (Lipinski definition) is 9. The number of benzene rings is 4. The Kier molecular flexibility index (Phi) is 10.3. The Morgan fingerprint density at radius 2 is 1.58 bits per heavy atom. The van der Waals surface area contributed by atoms with Crippen LogP contribution in [0.2, 0.25) is 0 Å². The number of esters is 2. The second-order valence-electron chi connectivity index (χ2n) is 11.1. The summed E-state index contributed by atoms with van der Waals surface area (Å²) in [4.78, 5) is 44.9. The Labute approximate surface area is 291 Å².